The van der Waals surface area contributed by atoms with Crippen LogP contribution in [0.3, 0.4) is 0 Å². The second kappa shape index (κ2) is 2.98. The minimum atomic E-state index is 0.466. The third-order valence-corrected chi connectivity index (χ3v) is 4.18. The minimum absolute atomic E-state index is 0.466. The molecule has 0 aromatic carbocycles. The van der Waals surface area contributed by atoms with Crippen LogP contribution in [0.5, 0.6) is 0 Å². The lowest BCUT2D eigenvalue weighted by Crippen LogP contribution is -2.24. The van der Waals surface area contributed by atoms with Gasteiger partial charge in [-0.2, -0.15) is 0 Å². The number of nitrogens with zero attached hydrogens (tertiary/aromatic N) is 1. The molecule has 0 amide bonds. The Hall–Kier alpha value is -0.570. The third kappa shape index (κ3) is 1.57. The molecule has 0 spiro atoms. The van der Waals surface area contributed by atoms with Crippen LogP contribution in [0.1, 0.15) is 37.3 Å². The quantitative estimate of drug-likeness (QED) is 0.750. The van der Waals surface area contributed by atoms with E-state index in [9.17, 15) is 0 Å². The van der Waals surface area contributed by atoms with Crippen molar-refractivity contribution in [3.63, 3.8) is 0 Å². The van der Waals surface area contributed by atoms with Gasteiger partial charge in [-0.15, -0.1) is 11.3 Å². The number of thiazole rings is 1. The van der Waals surface area contributed by atoms with E-state index < -0.39 is 0 Å². The van der Waals surface area contributed by atoms with Crippen LogP contribution in [0.25, 0.3) is 0 Å². The summed E-state index contributed by atoms with van der Waals surface area (Å²) in [5, 5.41) is 0.741. The second-order valence-electron chi connectivity index (χ2n) is 4.26. The van der Waals surface area contributed by atoms with Crippen molar-refractivity contribution in [1.82, 2.24) is 4.98 Å². The van der Waals surface area contributed by atoms with E-state index in [-0.39, 0.29) is 0 Å². The Bertz CT molecular complexity index is 319. The molecule has 0 radical (unpaired) electrons. The number of hydrogen-bond acceptors (Lipinski definition) is 3. The van der Waals surface area contributed by atoms with Crippen LogP contribution in [0.4, 0.5) is 5.13 Å². The first-order chi connectivity index (χ1) is 6.13. The Balaban J connectivity index is 2.28. The number of rotatable bonds is 1. The predicted octanol–water partition coefficient (Wildman–Crippen LogP) is 2.63. The van der Waals surface area contributed by atoms with E-state index >= 15 is 0 Å². The monoisotopic (exact) mass is 196 g/mol. The minimum Gasteiger partial charge on any atom is -0.375 e. The zero-order valence-electron chi connectivity index (χ0n) is 8.26. The second-order valence-corrected chi connectivity index (χ2v) is 5.38. The summed E-state index contributed by atoms with van der Waals surface area (Å²) in [5.74, 6) is 0. The Morgan fingerprint density at radius 1 is 1.62 bits per heavy atom. The highest BCUT2D eigenvalue weighted by Gasteiger charge is 2.30. The third-order valence-electron chi connectivity index (χ3n) is 3.20. The molecule has 2 N–H and O–H groups in total. The summed E-state index contributed by atoms with van der Waals surface area (Å²) in [5.41, 5.74) is 7.42. The van der Waals surface area contributed by atoms with Crippen LogP contribution in [0, 0.1) is 5.41 Å². The summed E-state index contributed by atoms with van der Waals surface area (Å²) in [6, 6.07) is 0. The molecule has 1 aliphatic carbocycles. The van der Waals surface area contributed by atoms with E-state index in [1.165, 1.54) is 29.8 Å². The lowest BCUT2D eigenvalue weighted by molar-refractivity contribution is 0.266. The number of aromatic nitrogens is 1. The smallest absolute Gasteiger partial charge is 0.180 e. The maximum Gasteiger partial charge on any atom is 0.180 e. The molecule has 1 atom stereocenters. The molecule has 1 aromatic rings. The zero-order valence-corrected chi connectivity index (χ0v) is 9.08. The molecule has 0 bridgehead atoms. The van der Waals surface area contributed by atoms with Gasteiger partial charge in [0.1, 0.15) is 0 Å². The van der Waals surface area contributed by atoms with Crippen molar-refractivity contribution >= 4 is 16.5 Å². The summed E-state index contributed by atoms with van der Waals surface area (Å²) in [4.78, 5) is 5.81. The van der Waals surface area contributed by atoms with E-state index in [4.69, 9.17) is 5.73 Å². The van der Waals surface area contributed by atoms with Crippen molar-refractivity contribution in [3.8, 4) is 0 Å². The van der Waals surface area contributed by atoms with E-state index in [0.717, 1.165) is 11.6 Å². The van der Waals surface area contributed by atoms with Crippen molar-refractivity contribution in [3.05, 3.63) is 10.6 Å². The highest BCUT2D eigenvalue weighted by Crippen LogP contribution is 2.39. The largest absolute Gasteiger partial charge is 0.375 e. The van der Waals surface area contributed by atoms with Crippen LogP contribution in [-0.4, -0.2) is 4.98 Å². The predicted molar refractivity (Wildman–Crippen MR) is 56.9 cm³/mol. The van der Waals surface area contributed by atoms with Gasteiger partial charge in [-0.05, 0) is 24.7 Å². The average molecular weight is 196 g/mol. The molecular weight excluding hydrogens is 180 g/mol. The van der Waals surface area contributed by atoms with E-state index in [2.05, 4.69) is 18.8 Å². The van der Waals surface area contributed by atoms with Gasteiger partial charge in [0.15, 0.2) is 5.13 Å². The standard InChI is InChI=1S/C10H16N2S/c1-3-10(2)5-4-8-7(6-10)12-9(11)13-8/h3-6H2,1-2H3,(H2,11,12). The highest BCUT2D eigenvalue weighted by atomic mass is 32.1. The van der Waals surface area contributed by atoms with Crippen molar-refractivity contribution < 1.29 is 0 Å². The summed E-state index contributed by atoms with van der Waals surface area (Å²) < 4.78 is 0. The fourth-order valence-corrected chi connectivity index (χ4v) is 2.79. The Kier molecular flexibility index (Phi) is 2.06. The lowest BCUT2D eigenvalue weighted by Gasteiger charge is -2.31. The van der Waals surface area contributed by atoms with Gasteiger partial charge in [-0.25, -0.2) is 4.98 Å². The van der Waals surface area contributed by atoms with E-state index in [1.807, 2.05) is 0 Å². The van der Waals surface area contributed by atoms with Crippen molar-refractivity contribution in [2.24, 2.45) is 5.41 Å². The van der Waals surface area contributed by atoms with Gasteiger partial charge in [-0.1, -0.05) is 20.3 Å². The molecule has 0 saturated heterocycles. The first-order valence-electron chi connectivity index (χ1n) is 4.87. The normalized spacial score (nSPS) is 27.2. The van der Waals surface area contributed by atoms with Crippen LogP contribution in [0.15, 0.2) is 0 Å². The van der Waals surface area contributed by atoms with Crippen LogP contribution in [-0.2, 0) is 12.8 Å². The number of anilines is 1. The van der Waals surface area contributed by atoms with Gasteiger partial charge in [0.25, 0.3) is 0 Å². The molecule has 2 rings (SSSR count). The van der Waals surface area contributed by atoms with Gasteiger partial charge >= 0.3 is 0 Å². The van der Waals surface area contributed by atoms with Crippen LogP contribution < -0.4 is 5.73 Å². The number of nitrogens with two attached hydrogens (primary N) is 1. The average Bonchev–Trinajstić information content (AvgIpc) is 2.44. The van der Waals surface area contributed by atoms with Gasteiger partial charge in [0.2, 0.25) is 0 Å². The first kappa shape index (κ1) is 9.00. The van der Waals surface area contributed by atoms with Gasteiger partial charge < -0.3 is 5.73 Å². The number of aryl methyl sites for hydroxylation is 1. The van der Waals surface area contributed by atoms with Gasteiger partial charge in [-0.3, -0.25) is 0 Å². The van der Waals surface area contributed by atoms with E-state index in [1.54, 1.807) is 11.3 Å². The number of hydrogen-bond donors (Lipinski definition) is 1. The zero-order chi connectivity index (χ0) is 9.47. The summed E-state index contributed by atoms with van der Waals surface area (Å²) in [7, 11) is 0. The summed E-state index contributed by atoms with van der Waals surface area (Å²) in [6.07, 6.45) is 4.82. The lowest BCUT2D eigenvalue weighted by atomic mass is 9.75. The van der Waals surface area contributed by atoms with Crippen molar-refractivity contribution in [1.29, 1.82) is 0 Å². The molecule has 1 heterocycles. The first-order valence-corrected chi connectivity index (χ1v) is 5.69. The highest BCUT2D eigenvalue weighted by molar-refractivity contribution is 7.15. The molecule has 0 saturated carbocycles. The molecule has 72 valence electrons. The molecule has 1 unspecified atom stereocenters. The maximum absolute atomic E-state index is 5.70. The van der Waals surface area contributed by atoms with Crippen molar-refractivity contribution in [2.45, 2.75) is 39.5 Å². The Morgan fingerprint density at radius 3 is 3.08 bits per heavy atom. The van der Waals surface area contributed by atoms with Gasteiger partial charge in [0.05, 0.1) is 5.69 Å². The fraction of sp³-hybridized carbons (Fsp3) is 0.700. The number of nitrogen functional groups attached to an aromatic ring is 1. The van der Waals surface area contributed by atoms with Crippen molar-refractivity contribution in [2.75, 3.05) is 5.73 Å². The van der Waals surface area contributed by atoms with Crippen LogP contribution >= 0.6 is 11.3 Å². The summed E-state index contributed by atoms with van der Waals surface area (Å²) in [6.45, 7) is 4.62. The van der Waals surface area contributed by atoms with Crippen LogP contribution in [0.2, 0.25) is 0 Å². The molecule has 1 aromatic heterocycles. The maximum atomic E-state index is 5.70. The molecular formula is C10H16N2S. The molecule has 2 nitrogen and oxygen atoms in total. The topological polar surface area (TPSA) is 38.9 Å². The van der Waals surface area contributed by atoms with E-state index in [0.29, 0.717) is 5.41 Å². The fourth-order valence-electron chi connectivity index (χ4n) is 1.95. The molecule has 0 fully saturated rings. The summed E-state index contributed by atoms with van der Waals surface area (Å²) >= 11 is 1.67. The Labute approximate surface area is 83.2 Å². The molecule has 3 heteroatoms. The molecule has 1 aliphatic rings. The SMILES string of the molecule is CCC1(C)CCc2sc(N)nc2C1. The number of fused-ring (bicyclic) bond motifs is 1. The van der Waals surface area contributed by atoms with Gasteiger partial charge in [0, 0.05) is 4.88 Å². The molecule has 13 heavy (non-hydrogen) atoms. The Morgan fingerprint density at radius 2 is 2.38 bits per heavy atom. The molecule has 0 aliphatic heterocycles.